The molecule has 18 heavy (non-hydrogen) atoms. The molecule has 1 unspecified atom stereocenters. The second kappa shape index (κ2) is 5.78. The maximum Gasteiger partial charge on any atom is 0.121 e. The molecule has 1 heterocycles. The second-order valence-corrected chi connectivity index (χ2v) is 4.95. The molecule has 0 aromatic heterocycles. The van der Waals surface area contributed by atoms with E-state index in [0.717, 1.165) is 18.8 Å². The second-order valence-electron chi connectivity index (χ2n) is 4.55. The molecule has 1 aliphatic rings. The van der Waals surface area contributed by atoms with E-state index in [1.165, 1.54) is 0 Å². The Labute approximate surface area is 112 Å². The monoisotopic (exact) mass is 271 g/mol. The molecule has 2 rings (SSSR count). The number of rotatable bonds is 3. The molecule has 100 valence electrons. The predicted molar refractivity (Wildman–Crippen MR) is 71.6 cm³/mol. The summed E-state index contributed by atoms with van der Waals surface area (Å²) in [6.07, 6.45) is 0. The van der Waals surface area contributed by atoms with Crippen LogP contribution < -0.4 is 4.90 Å². The summed E-state index contributed by atoms with van der Waals surface area (Å²) < 4.78 is 5.29. The van der Waals surface area contributed by atoms with Gasteiger partial charge in [0, 0.05) is 37.2 Å². The Hall–Kier alpha value is -0.970. The first kappa shape index (κ1) is 13.5. The van der Waals surface area contributed by atoms with Gasteiger partial charge in [0.15, 0.2) is 0 Å². The summed E-state index contributed by atoms with van der Waals surface area (Å²) in [7, 11) is 0. The van der Waals surface area contributed by atoms with Gasteiger partial charge in [-0.15, -0.1) is 0 Å². The van der Waals surface area contributed by atoms with Crippen molar-refractivity contribution in [1.29, 1.82) is 0 Å². The molecule has 1 saturated heterocycles. The van der Waals surface area contributed by atoms with Crippen molar-refractivity contribution in [1.82, 2.24) is 0 Å². The molecular weight excluding hydrogens is 254 g/mol. The van der Waals surface area contributed by atoms with E-state index < -0.39 is 0 Å². The quantitative estimate of drug-likeness (QED) is 0.883. The van der Waals surface area contributed by atoms with Gasteiger partial charge in [-0.2, -0.15) is 0 Å². The van der Waals surface area contributed by atoms with Gasteiger partial charge in [-0.1, -0.05) is 18.5 Å². The highest BCUT2D eigenvalue weighted by Crippen LogP contribution is 2.36. The number of aromatic hydroxyl groups is 1. The summed E-state index contributed by atoms with van der Waals surface area (Å²) in [5.74, 6) is 0.0590. The van der Waals surface area contributed by atoms with Crippen molar-refractivity contribution in [2.24, 2.45) is 0 Å². The first-order chi connectivity index (χ1) is 8.63. The van der Waals surface area contributed by atoms with E-state index in [1.54, 1.807) is 12.1 Å². The van der Waals surface area contributed by atoms with Crippen LogP contribution in [0.25, 0.3) is 0 Å². The smallest absolute Gasteiger partial charge is 0.121 e. The van der Waals surface area contributed by atoms with Gasteiger partial charge in [-0.05, 0) is 6.07 Å². The van der Waals surface area contributed by atoms with Crippen LogP contribution in [-0.4, -0.2) is 43.1 Å². The van der Waals surface area contributed by atoms with Crippen LogP contribution in [0.15, 0.2) is 12.1 Å². The number of ether oxygens (including phenoxy) is 1. The molecule has 1 atom stereocenters. The normalized spacial score (nSPS) is 17.8. The average molecular weight is 272 g/mol. The highest BCUT2D eigenvalue weighted by atomic mass is 35.5. The van der Waals surface area contributed by atoms with E-state index >= 15 is 0 Å². The number of nitrogens with zero attached hydrogens (tertiary/aromatic N) is 1. The summed E-state index contributed by atoms with van der Waals surface area (Å²) in [6.45, 7) is 4.72. The number of halogens is 1. The number of aliphatic hydroxyl groups is 1. The maximum absolute atomic E-state index is 10.0. The maximum atomic E-state index is 10.0. The van der Waals surface area contributed by atoms with Crippen molar-refractivity contribution in [2.45, 2.75) is 12.8 Å². The van der Waals surface area contributed by atoms with Gasteiger partial charge >= 0.3 is 0 Å². The van der Waals surface area contributed by atoms with E-state index in [0.29, 0.717) is 23.8 Å². The van der Waals surface area contributed by atoms with Gasteiger partial charge < -0.3 is 19.8 Å². The zero-order chi connectivity index (χ0) is 13.1. The summed E-state index contributed by atoms with van der Waals surface area (Å²) in [5.41, 5.74) is 1.51. The molecule has 0 bridgehead atoms. The average Bonchev–Trinajstić information content (AvgIpc) is 2.41. The lowest BCUT2D eigenvalue weighted by atomic mass is 10.0. The summed E-state index contributed by atoms with van der Waals surface area (Å²) >= 11 is 6.26. The number of phenolic OH excluding ortho intramolecular Hbond substituents is 1. The Morgan fingerprint density at radius 1 is 1.39 bits per heavy atom. The molecule has 0 amide bonds. The molecular formula is C13H18ClNO3. The van der Waals surface area contributed by atoms with Crippen LogP contribution >= 0.6 is 11.6 Å². The zero-order valence-electron chi connectivity index (χ0n) is 10.4. The topological polar surface area (TPSA) is 52.9 Å². The van der Waals surface area contributed by atoms with Gasteiger partial charge in [-0.3, -0.25) is 0 Å². The van der Waals surface area contributed by atoms with E-state index in [4.69, 9.17) is 21.4 Å². The number of phenols is 1. The molecule has 2 N–H and O–H groups in total. The highest BCUT2D eigenvalue weighted by molar-refractivity contribution is 6.33. The van der Waals surface area contributed by atoms with Crippen LogP contribution in [0.1, 0.15) is 18.4 Å². The summed E-state index contributed by atoms with van der Waals surface area (Å²) in [6, 6.07) is 3.41. The first-order valence-electron chi connectivity index (χ1n) is 6.09. The minimum absolute atomic E-state index is 0.0131. The lowest BCUT2D eigenvalue weighted by molar-refractivity contribution is 0.122. The van der Waals surface area contributed by atoms with E-state index in [9.17, 15) is 5.11 Å². The van der Waals surface area contributed by atoms with Crippen molar-refractivity contribution in [3.05, 3.63) is 22.7 Å². The van der Waals surface area contributed by atoms with Crippen LogP contribution in [0.4, 0.5) is 5.69 Å². The van der Waals surface area contributed by atoms with Crippen LogP contribution in [0.3, 0.4) is 0 Å². The van der Waals surface area contributed by atoms with Crippen molar-refractivity contribution >= 4 is 17.3 Å². The minimum atomic E-state index is -0.124. The molecule has 0 saturated carbocycles. The Bertz CT molecular complexity index is 419. The highest BCUT2D eigenvalue weighted by Gasteiger charge is 2.18. The van der Waals surface area contributed by atoms with E-state index in [-0.39, 0.29) is 18.3 Å². The van der Waals surface area contributed by atoms with Crippen molar-refractivity contribution in [3.8, 4) is 5.75 Å². The van der Waals surface area contributed by atoms with Crippen LogP contribution in [0.5, 0.6) is 5.75 Å². The first-order valence-corrected chi connectivity index (χ1v) is 6.47. The Balaban J connectivity index is 2.30. The SMILES string of the molecule is CC(CO)c1cc(Cl)c(N2CCOCC2)cc1O. The number of aliphatic hydroxyl groups excluding tert-OH is 1. The Morgan fingerprint density at radius 2 is 2.06 bits per heavy atom. The fourth-order valence-corrected chi connectivity index (χ4v) is 2.40. The molecule has 1 aromatic carbocycles. The Morgan fingerprint density at radius 3 is 2.67 bits per heavy atom. The predicted octanol–water partition coefficient (Wildman–Crippen LogP) is 1.98. The van der Waals surface area contributed by atoms with Gasteiger partial charge in [0.05, 0.1) is 23.9 Å². The molecule has 5 heteroatoms. The number of benzene rings is 1. The van der Waals surface area contributed by atoms with Crippen molar-refractivity contribution < 1.29 is 14.9 Å². The standard InChI is InChI=1S/C13H18ClNO3/c1-9(8-16)10-6-11(14)12(7-13(10)17)15-2-4-18-5-3-15/h6-7,9,16-17H,2-5,8H2,1H3. The van der Waals surface area contributed by atoms with Crippen LogP contribution in [-0.2, 0) is 4.74 Å². The molecule has 0 spiro atoms. The molecule has 1 aliphatic heterocycles. The van der Waals surface area contributed by atoms with E-state index in [1.807, 2.05) is 6.92 Å². The largest absolute Gasteiger partial charge is 0.508 e. The third-order valence-electron chi connectivity index (χ3n) is 3.25. The number of morpholine rings is 1. The van der Waals surface area contributed by atoms with E-state index in [2.05, 4.69) is 4.90 Å². The summed E-state index contributed by atoms with van der Waals surface area (Å²) in [4.78, 5) is 2.10. The fraction of sp³-hybridized carbons (Fsp3) is 0.538. The minimum Gasteiger partial charge on any atom is -0.508 e. The number of hydrogen-bond acceptors (Lipinski definition) is 4. The van der Waals surface area contributed by atoms with Crippen LogP contribution in [0.2, 0.25) is 5.02 Å². The molecule has 1 fully saturated rings. The Kier molecular flexibility index (Phi) is 4.32. The summed E-state index contributed by atoms with van der Waals surface area (Å²) in [5, 5.41) is 19.8. The van der Waals surface area contributed by atoms with Gasteiger partial charge in [0.25, 0.3) is 0 Å². The lowest BCUT2D eigenvalue weighted by Gasteiger charge is -2.30. The molecule has 4 nitrogen and oxygen atoms in total. The molecule has 1 aromatic rings. The van der Waals surface area contributed by atoms with Crippen molar-refractivity contribution in [2.75, 3.05) is 37.8 Å². The molecule has 0 aliphatic carbocycles. The third kappa shape index (κ3) is 2.71. The van der Waals surface area contributed by atoms with Crippen LogP contribution in [0, 0.1) is 0 Å². The van der Waals surface area contributed by atoms with Crippen molar-refractivity contribution in [3.63, 3.8) is 0 Å². The van der Waals surface area contributed by atoms with Gasteiger partial charge in [-0.25, -0.2) is 0 Å². The third-order valence-corrected chi connectivity index (χ3v) is 3.56. The van der Waals surface area contributed by atoms with Gasteiger partial charge in [0.2, 0.25) is 0 Å². The fourth-order valence-electron chi connectivity index (χ4n) is 2.11. The van der Waals surface area contributed by atoms with Gasteiger partial charge in [0.1, 0.15) is 5.75 Å². The molecule has 0 radical (unpaired) electrons. The lowest BCUT2D eigenvalue weighted by Crippen LogP contribution is -2.36. The number of anilines is 1. The zero-order valence-corrected chi connectivity index (χ0v) is 11.2. The number of hydrogen-bond donors (Lipinski definition) is 2.